The molecular formula is C24H22FN3OS2. The molecule has 4 aromatic rings. The van der Waals surface area contributed by atoms with Gasteiger partial charge in [0.25, 0.3) is 0 Å². The fourth-order valence-electron chi connectivity index (χ4n) is 3.26. The molecule has 0 spiro atoms. The van der Waals surface area contributed by atoms with Crippen LogP contribution in [0.25, 0.3) is 22.5 Å². The number of halogens is 1. The summed E-state index contributed by atoms with van der Waals surface area (Å²) in [5, 5.41) is 0.836. The minimum absolute atomic E-state index is 0.266. The third-order valence-corrected chi connectivity index (χ3v) is 6.77. The van der Waals surface area contributed by atoms with E-state index in [-0.39, 0.29) is 5.82 Å². The molecule has 158 valence electrons. The number of thioether (sulfide) groups is 1. The van der Waals surface area contributed by atoms with Gasteiger partial charge in [-0.3, -0.25) is 9.19 Å². The molecule has 0 saturated heterocycles. The van der Waals surface area contributed by atoms with Crippen LogP contribution in [0.1, 0.15) is 12.0 Å². The highest BCUT2D eigenvalue weighted by Crippen LogP contribution is 2.32. The van der Waals surface area contributed by atoms with Crippen molar-refractivity contribution in [2.24, 2.45) is 0 Å². The maximum atomic E-state index is 13.4. The summed E-state index contributed by atoms with van der Waals surface area (Å²) in [5.41, 5.74) is 4.79. The summed E-state index contributed by atoms with van der Waals surface area (Å²) in [6, 6.07) is 18.2. The summed E-state index contributed by atoms with van der Waals surface area (Å²) in [4.78, 5) is 13.2. The second-order valence-corrected chi connectivity index (χ2v) is 9.52. The summed E-state index contributed by atoms with van der Waals surface area (Å²) in [7, 11) is -0.944. The number of aryl methyl sites for hydroxylation is 1. The lowest BCUT2D eigenvalue weighted by Crippen LogP contribution is -1.91. The first-order chi connectivity index (χ1) is 15.1. The number of hydrogen-bond donors (Lipinski definition) is 1. The molecule has 0 fully saturated rings. The van der Waals surface area contributed by atoms with Gasteiger partial charge < -0.3 is 4.98 Å². The third kappa shape index (κ3) is 5.48. The van der Waals surface area contributed by atoms with Crippen LogP contribution >= 0.6 is 11.8 Å². The molecule has 2 aromatic heterocycles. The molecule has 4 rings (SSSR count). The van der Waals surface area contributed by atoms with Gasteiger partial charge >= 0.3 is 0 Å². The van der Waals surface area contributed by atoms with E-state index < -0.39 is 10.8 Å². The average Bonchev–Trinajstić information content (AvgIpc) is 3.22. The van der Waals surface area contributed by atoms with Gasteiger partial charge in [0.05, 0.1) is 11.4 Å². The highest BCUT2D eigenvalue weighted by molar-refractivity contribution is 7.99. The van der Waals surface area contributed by atoms with Crippen molar-refractivity contribution in [3.8, 4) is 22.5 Å². The van der Waals surface area contributed by atoms with Crippen molar-refractivity contribution in [2.45, 2.75) is 22.9 Å². The summed E-state index contributed by atoms with van der Waals surface area (Å²) >= 11 is 1.67. The predicted octanol–water partition coefficient (Wildman–Crippen LogP) is 5.74. The molecule has 1 N–H and O–H groups in total. The molecule has 7 heteroatoms. The SMILES string of the molecule is CS(=O)c1ccc(CCCSc2nc(-c3ccc(F)cc3)c(-c3ccncc3)[nH]2)cc1. The van der Waals surface area contributed by atoms with Crippen molar-refractivity contribution >= 4 is 22.6 Å². The Morgan fingerprint density at radius 2 is 1.68 bits per heavy atom. The minimum atomic E-state index is -0.944. The summed E-state index contributed by atoms with van der Waals surface area (Å²) in [6.45, 7) is 0. The van der Waals surface area contributed by atoms with Gasteiger partial charge in [-0.1, -0.05) is 23.9 Å². The number of aromatic amines is 1. The third-order valence-electron chi connectivity index (χ3n) is 4.87. The standard InChI is InChI=1S/C24H22FN3OS2/c1-31(29)21-10-4-17(5-11-21)3-2-16-30-24-27-22(18-6-8-20(25)9-7-18)23(28-24)19-12-14-26-15-13-19/h4-15H,2-3,16H2,1H3,(H,27,28). The first kappa shape index (κ1) is 21.5. The quantitative estimate of drug-likeness (QED) is 0.274. The summed E-state index contributed by atoms with van der Waals surface area (Å²) < 4.78 is 24.9. The van der Waals surface area contributed by atoms with Crippen LogP contribution in [0.5, 0.6) is 0 Å². The van der Waals surface area contributed by atoms with Gasteiger partial charge in [-0.2, -0.15) is 0 Å². The zero-order valence-corrected chi connectivity index (χ0v) is 18.7. The number of hydrogen-bond acceptors (Lipinski definition) is 4. The Balaban J connectivity index is 1.46. The lowest BCUT2D eigenvalue weighted by molar-refractivity contribution is 0.628. The Bertz CT molecular complexity index is 1160. The van der Waals surface area contributed by atoms with E-state index in [0.29, 0.717) is 0 Å². The molecular weight excluding hydrogens is 429 g/mol. The highest BCUT2D eigenvalue weighted by atomic mass is 32.2. The largest absolute Gasteiger partial charge is 0.332 e. The van der Waals surface area contributed by atoms with Gasteiger partial charge in [0, 0.05) is 51.2 Å². The molecule has 0 bridgehead atoms. The number of nitrogens with one attached hydrogen (secondary N) is 1. The zero-order chi connectivity index (χ0) is 21.6. The fourth-order valence-corrected chi connectivity index (χ4v) is 4.59. The molecule has 0 aliphatic rings. The molecule has 2 heterocycles. The normalized spacial score (nSPS) is 12.1. The Hall–Kier alpha value is -2.77. The van der Waals surface area contributed by atoms with Crippen LogP contribution in [0.4, 0.5) is 4.39 Å². The Kier molecular flexibility index (Phi) is 6.94. The van der Waals surface area contributed by atoms with Crippen molar-refractivity contribution in [3.63, 3.8) is 0 Å². The van der Waals surface area contributed by atoms with E-state index in [2.05, 4.69) is 9.97 Å². The van der Waals surface area contributed by atoms with Gasteiger partial charge in [0.2, 0.25) is 0 Å². The topological polar surface area (TPSA) is 58.6 Å². The molecule has 1 atom stereocenters. The second-order valence-electron chi connectivity index (χ2n) is 7.06. The van der Waals surface area contributed by atoms with Crippen LogP contribution in [0.3, 0.4) is 0 Å². The van der Waals surface area contributed by atoms with Gasteiger partial charge in [-0.05, 0) is 66.9 Å². The van der Waals surface area contributed by atoms with E-state index >= 15 is 0 Å². The highest BCUT2D eigenvalue weighted by Gasteiger charge is 2.14. The maximum absolute atomic E-state index is 13.4. The number of H-pyrrole nitrogens is 1. The number of rotatable bonds is 8. The van der Waals surface area contributed by atoms with Crippen LogP contribution in [0.2, 0.25) is 0 Å². The van der Waals surface area contributed by atoms with E-state index in [1.165, 1.54) is 17.7 Å². The molecule has 0 aliphatic heterocycles. The van der Waals surface area contributed by atoms with Crippen molar-refractivity contribution in [2.75, 3.05) is 12.0 Å². The van der Waals surface area contributed by atoms with E-state index in [9.17, 15) is 8.60 Å². The fraction of sp³-hybridized carbons (Fsp3) is 0.167. The lowest BCUT2D eigenvalue weighted by atomic mass is 10.1. The Morgan fingerprint density at radius 3 is 2.35 bits per heavy atom. The predicted molar refractivity (Wildman–Crippen MR) is 125 cm³/mol. The Morgan fingerprint density at radius 1 is 0.968 bits per heavy atom. The first-order valence-corrected chi connectivity index (χ1v) is 12.5. The van der Waals surface area contributed by atoms with Gasteiger partial charge in [-0.15, -0.1) is 0 Å². The van der Waals surface area contributed by atoms with E-state index in [4.69, 9.17) is 4.98 Å². The number of benzene rings is 2. The van der Waals surface area contributed by atoms with E-state index in [1.54, 1.807) is 42.5 Å². The number of pyridine rings is 1. The summed E-state index contributed by atoms with van der Waals surface area (Å²) in [5.74, 6) is 0.644. The minimum Gasteiger partial charge on any atom is -0.332 e. The van der Waals surface area contributed by atoms with Crippen LogP contribution < -0.4 is 0 Å². The number of imidazole rings is 1. The van der Waals surface area contributed by atoms with Crippen molar-refractivity contribution in [1.29, 1.82) is 0 Å². The van der Waals surface area contributed by atoms with Crippen molar-refractivity contribution in [1.82, 2.24) is 15.0 Å². The summed E-state index contributed by atoms with van der Waals surface area (Å²) in [6.07, 6.45) is 7.13. The molecule has 31 heavy (non-hydrogen) atoms. The zero-order valence-electron chi connectivity index (χ0n) is 17.0. The number of aromatic nitrogens is 3. The van der Waals surface area contributed by atoms with Gasteiger partial charge in [-0.25, -0.2) is 9.37 Å². The van der Waals surface area contributed by atoms with Crippen LogP contribution in [0, 0.1) is 5.82 Å². The van der Waals surface area contributed by atoms with Gasteiger partial charge in [0.15, 0.2) is 5.16 Å². The molecule has 0 radical (unpaired) electrons. The van der Waals surface area contributed by atoms with Crippen LogP contribution in [-0.2, 0) is 17.2 Å². The van der Waals surface area contributed by atoms with Crippen molar-refractivity contribution < 1.29 is 8.60 Å². The van der Waals surface area contributed by atoms with Crippen LogP contribution in [0.15, 0.2) is 83.1 Å². The lowest BCUT2D eigenvalue weighted by Gasteiger charge is -2.02. The Labute approximate surface area is 187 Å². The molecule has 0 saturated carbocycles. The molecule has 0 amide bonds. The van der Waals surface area contributed by atoms with E-state index in [0.717, 1.165) is 51.2 Å². The number of nitrogens with zero attached hydrogens (tertiary/aromatic N) is 2. The smallest absolute Gasteiger partial charge is 0.166 e. The molecule has 2 aromatic carbocycles. The molecule has 4 nitrogen and oxygen atoms in total. The van der Waals surface area contributed by atoms with Gasteiger partial charge in [0.1, 0.15) is 5.82 Å². The first-order valence-electron chi connectivity index (χ1n) is 9.91. The second kappa shape index (κ2) is 10.0. The van der Waals surface area contributed by atoms with Crippen molar-refractivity contribution in [3.05, 3.63) is 84.4 Å². The van der Waals surface area contributed by atoms with Crippen LogP contribution in [-0.4, -0.2) is 31.2 Å². The monoisotopic (exact) mass is 451 g/mol. The average molecular weight is 452 g/mol. The molecule has 0 aliphatic carbocycles. The molecule has 1 unspecified atom stereocenters. The van der Waals surface area contributed by atoms with E-state index in [1.807, 2.05) is 36.4 Å². The maximum Gasteiger partial charge on any atom is 0.166 e.